The van der Waals surface area contributed by atoms with E-state index in [4.69, 9.17) is 0 Å². The van der Waals surface area contributed by atoms with E-state index >= 15 is 0 Å². The Labute approximate surface area is 87.7 Å². The monoisotopic (exact) mass is 216 g/mol. The number of hydrogen-bond donors (Lipinski definition) is 0. The van der Waals surface area contributed by atoms with Crippen molar-refractivity contribution in [2.45, 2.75) is 31.6 Å². The highest BCUT2D eigenvalue weighted by molar-refractivity contribution is 7.99. The quantitative estimate of drug-likeness (QED) is 0.687. The molecule has 3 heteroatoms. The molecule has 0 N–H and O–H groups in total. The Morgan fingerprint density at radius 3 is 2.64 bits per heavy atom. The Morgan fingerprint density at radius 1 is 1.36 bits per heavy atom. The minimum Gasteiger partial charge on any atom is -0.210 e. The van der Waals surface area contributed by atoms with Gasteiger partial charge < -0.3 is 0 Å². The molecule has 14 heavy (non-hydrogen) atoms. The lowest BCUT2D eigenvalue weighted by Crippen LogP contribution is -1.94. The standard InChI is InChI=1S/C11H14F2S/c1-3-9-6-10(5-4-8(9)2)14-7-11(12)13/h4-6,11H,3,7H2,1-2H3. The van der Waals surface area contributed by atoms with Gasteiger partial charge in [0.1, 0.15) is 0 Å². The van der Waals surface area contributed by atoms with Crippen LogP contribution >= 0.6 is 11.8 Å². The summed E-state index contributed by atoms with van der Waals surface area (Å²) in [6, 6.07) is 5.90. The molecule has 0 aliphatic carbocycles. The SMILES string of the molecule is CCc1cc(SCC(F)F)ccc1C. The molecule has 0 amide bonds. The second-order valence-corrected chi connectivity index (χ2v) is 4.24. The third-order valence-electron chi connectivity index (χ3n) is 2.08. The van der Waals surface area contributed by atoms with Crippen molar-refractivity contribution in [3.8, 4) is 0 Å². The zero-order valence-corrected chi connectivity index (χ0v) is 9.20. The van der Waals surface area contributed by atoms with E-state index in [0.29, 0.717) is 0 Å². The van der Waals surface area contributed by atoms with Crippen LogP contribution in [0.2, 0.25) is 0 Å². The van der Waals surface area contributed by atoms with Gasteiger partial charge in [0.15, 0.2) is 0 Å². The number of rotatable bonds is 4. The van der Waals surface area contributed by atoms with Gasteiger partial charge in [-0.05, 0) is 36.6 Å². The first-order valence-corrected chi connectivity index (χ1v) is 5.62. The summed E-state index contributed by atoms with van der Waals surface area (Å²) in [6.45, 7) is 4.12. The fourth-order valence-corrected chi connectivity index (χ4v) is 1.99. The summed E-state index contributed by atoms with van der Waals surface area (Å²) in [4.78, 5) is 0.938. The minimum absolute atomic E-state index is 0.119. The van der Waals surface area contributed by atoms with Gasteiger partial charge in [0, 0.05) is 4.90 Å². The molecule has 0 nitrogen and oxygen atoms in total. The summed E-state index contributed by atoms with van der Waals surface area (Å²) in [7, 11) is 0. The molecule has 0 bridgehead atoms. The van der Waals surface area contributed by atoms with Gasteiger partial charge in [-0.25, -0.2) is 8.78 Å². The molecule has 0 atom stereocenters. The number of halogens is 2. The van der Waals surface area contributed by atoms with Crippen molar-refractivity contribution < 1.29 is 8.78 Å². The van der Waals surface area contributed by atoms with Crippen LogP contribution in [0.15, 0.2) is 23.1 Å². The lowest BCUT2D eigenvalue weighted by atomic mass is 10.1. The molecule has 0 aliphatic heterocycles. The van der Waals surface area contributed by atoms with Gasteiger partial charge in [-0.2, -0.15) is 0 Å². The summed E-state index contributed by atoms with van der Waals surface area (Å²) in [5.41, 5.74) is 2.47. The molecule has 1 aromatic carbocycles. The van der Waals surface area contributed by atoms with E-state index in [1.54, 1.807) is 0 Å². The van der Waals surface area contributed by atoms with Crippen molar-refractivity contribution in [2.75, 3.05) is 5.75 Å². The molecular weight excluding hydrogens is 202 g/mol. The Morgan fingerprint density at radius 2 is 2.07 bits per heavy atom. The third-order valence-corrected chi connectivity index (χ3v) is 3.08. The molecule has 0 unspecified atom stereocenters. The van der Waals surface area contributed by atoms with Crippen LogP contribution in [0.4, 0.5) is 8.78 Å². The zero-order valence-electron chi connectivity index (χ0n) is 8.39. The molecule has 0 spiro atoms. The van der Waals surface area contributed by atoms with Crippen molar-refractivity contribution in [1.29, 1.82) is 0 Å². The van der Waals surface area contributed by atoms with E-state index in [9.17, 15) is 8.78 Å². The average Bonchev–Trinajstić information content (AvgIpc) is 2.16. The summed E-state index contributed by atoms with van der Waals surface area (Å²) < 4.78 is 23.9. The molecule has 78 valence electrons. The smallest absolute Gasteiger partial charge is 0.210 e. The Bertz CT molecular complexity index is 297. The lowest BCUT2D eigenvalue weighted by molar-refractivity contribution is 0.177. The third kappa shape index (κ3) is 3.29. The molecule has 0 aliphatic rings. The van der Waals surface area contributed by atoms with Crippen LogP contribution in [0.3, 0.4) is 0 Å². The van der Waals surface area contributed by atoms with Crippen molar-refractivity contribution in [2.24, 2.45) is 0 Å². The highest BCUT2D eigenvalue weighted by Gasteiger charge is 2.04. The molecule has 0 saturated carbocycles. The van der Waals surface area contributed by atoms with E-state index in [2.05, 4.69) is 6.92 Å². The molecule has 0 fully saturated rings. The van der Waals surface area contributed by atoms with Crippen LogP contribution in [0, 0.1) is 6.92 Å². The predicted molar refractivity (Wildman–Crippen MR) is 57.3 cm³/mol. The molecular formula is C11H14F2S. The van der Waals surface area contributed by atoms with Crippen molar-refractivity contribution >= 4 is 11.8 Å². The van der Waals surface area contributed by atoms with Crippen LogP contribution in [-0.4, -0.2) is 12.2 Å². The topological polar surface area (TPSA) is 0 Å². The Kier molecular flexibility index (Phi) is 4.39. The van der Waals surface area contributed by atoms with E-state index < -0.39 is 6.43 Å². The minimum atomic E-state index is -2.23. The predicted octanol–water partition coefficient (Wildman–Crippen LogP) is 3.91. The second kappa shape index (κ2) is 5.35. The first-order valence-electron chi connectivity index (χ1n) is 4.64. The maximum Gasteiger partial charge on any atom is 0.247 e. The van der Waals surface area contributed by atoms with Gasteiger partial charge in [0.05, 0.1) is 5.75 Å². The van der Waals surface area contributed by atoms with Crippen LogP contribution in [0.5, 0.6) is 0 Å². The molecule has 1 aromatic rings. The first-order chi connectivity index (χ1) is 6.63. The van der Waals surface area contributed by atoms with Gasteiger partial charge in [-0.3, -0.25) is 0 Å². The molecule has 0 aromatic heterocycles. The fraction of sp³-hybridized carbons (Fsp3) is 0.455. The Balaban J connectivity index is 2.69. The van der Waals surface area contributed by atoms with E-state index in [1.807, 2.05) is 25.1 Å². The van der Waals surface area contributed by atoms with Gasteiger partial charge in [-0.1, -0.05) is 13.0 Å². The van der Waals surface area contributed by atoms with Crippen molar-refractivity contribution in [3.05, 3.63) is 29.3 Å². The van der Waals surface area contributed by atoms with Crippen LogP contribution in [0.1, 0.15) is 18.1 Å². The van der Waals surface area contributed by atoms with Gasteiger partial charge in [0.25, 0.3) is 0 Å². The van der Waals surface area contributed by atoms with Gasteiger partial charge in [0.2, 0.25) is 6.43 Å². The van der Waals surface area contributed by atoms with E-state index in [1.165, 1.54) is 22.9 Å². The van der Waals surface area contributed by atoms with Crippen molar-refractivity contribution in [3.63, 3.8) is 0 Å². The summed E-state index contributed by atoms with van der Waals surface area (Å²) in [5.74, 6) is -0.119. The average molecular weight is 216 g/mol. The largest absolute Gasteiger partial charge is 0.247 e. The van der Waals surface area contributed by atoms with E-state index in [-0.39, 0.29) is 5.75 Å². The van der Waals surface area contributed by atoms with Crippen LogP contribution in [-0.2, 0) is 6.42 Å². The van der Waals surface area contributed by atoms with Crippen LogP contribution in [0.25, 0.3) is 0 Å². The lowest BCUT2D eigenvalue weighted by Gasteiger charge is -2.06. The number of aryl methyl sites for hydroxylation is 2. The Hall–Kier alpha value is -0.570. The van der Waals surface area contributed by atoms with Gasteiger partial charge in [-0.15, -0.1) is 11.8 Å². The second-order valence-electron chi connectivity index (χ2n) is 3.14. The molecule has 1 rings (SSSR count). The first kappa shape index (κ1) is 11.5. The molecule has 0 saturated heterocycles. The summed E-state index contributed by atoms with van der Waals surface area (Å²) >= 11 is 1.22. The maximum absolute atomic E-state index is 12.0. The normalized spacial score (nSPS) is 10.9. The molecule has 0 radical (unpaired) electrons. The number of thioether (sulfide) groups is 1. The van der Waals surface area contributed by atoms with Crippen LogP contribution < -0.4 is 0 Å². The highest BCUT2D eigenvalue weighted by atomic mass is 32.2. The molecule has 0 heterocycles. The number of hydrogen-bond acceptors (Lipinski definition) is 1. The highest BCUT2D eigenvalue weighted by Crippen LogP contribution is 2.23. The van der Waals surface area contributed by atoms with Gasteiger partial charge >= 0.3 is 0 Å². The number of alkyl halides is 2. The zero-order chi connectivity index (χ0) is 10.6. The van der Waals surface area contributed by atoms with Crippen molar-refractivity contribution in [1.82, 2.24) is 0 Å². The maximum atomic E-state index is 12.0. The summed E-state index contributed by atoms with van der Waals surface area (Å²) in [5, 5.41) is 0. The fourth-order valence-electron chi connectivity index (χ4n) is 1.28. The summed E-state index contributed by atoms with van der Waals surface area (Å²) in [6.07, 6.45) is -1.28. The number of benzene rings is 1. The van der Waals surface area contributed by atoms with E-state index in [0.717, 1.165) is 11.3 Å².